The monoisotopic (exact) mass is 362 g/mol. The van der Waals surface area contributed by atoms with E-state index in [1.54, 1.807) is 0 Å². The van der Waals surface area contributed by atoms with E-state index in [1.165, 1.54) is 4.90 Å². The van der Waals surface area contributed by atoms with Crippen molar-refractivity contribution in [3.63, 3.8) is 0 Å². The van der Waals surface area contributed by atoms with Crippen LogP contribution in [0.2, 0.25) is 5.02 Å². The first-order valence-electron chi connectivity index (χ1n) is 8.49. The fourth-order valence-corrected chi connectivity index (χ4v) is 3.25. The summed E-state index contributed by atoms with van der Waals surface area (Å²) in [6.45, 7) is 7.45. The minimum Gasteiger partial charge on any atom is -0.465 e. The fraction of sp³-hybridized carbons (Fsp3) is 0.444. The molecule has 0 radical (unpaired) electrons. The van der Waals surface area contributed by atoms with Gasteiger partial charge in [0.15, 0.2) is 0 Å². The SMILES string of the molecule is CC(C)n1cc(CN2CCN(C(=O)O)CC2)c(-c2ccccc2Cl)n1. The predicted molar refractivity (Wildman–Crippen MR) is 97.9 cm³/mol. The first-order valence-corrected chi connectivity index (χ1v) is 8.86. The third kappa shape index (κ3) is 3.96. The van der Waals surface area contributed by atoms with Gasteiger partial charge in [0.2, 0.25) is 0 Å². The van der Waals surface area contributed by atoms with E-state index < -0.39 is 6.09 Å². The number of benzene rings is 1. The molecule has 3 rings (SSSR count). The molecule has 1 aliphatic heterocycles. The number of nitrogens with zero attached hydrogens (tertiary/aromatic N) is 4. The average Bonchev–Trinajstić information content (AvgIpc) is 3.00. The summed E-state index contributed by atoms with van der Waals surface area (Å²) in [4.78, 5) is 14.8. The summed E-state index contributed by atoms with van der Waals surface area (Å²) in [5.41, 5.74) is 2.95. The summed E-state index contributed by atoms with van der Waals surface area (Å²) in [6, 6.07) is 8.00. The highest BCUT2D eigenvalue weighted by Crippen LogP contribution is 2.30. The Morgan fingerprint density at radius 2 is 1.92 bits per heavy atom. The molecule has 0 aliphatic carbocycles. The lowest BCUT2D eigenvalue weighted by atomic mass is 10.1. The van der Waals surface area contributed by atoms with Crippen molar-refractivity contribution in [2.24, 2.45) is 0 Å². The van der Waals surface area contributed by atoms with Crippen LogP contribution in [0.5, 0.6) is 0 Å². The van der Waals surface area contributed by atoms with Gasteiger partial charge in [0.05, 0.1) is 10.7 Å². The van der Waals surface area contributed by atoms with Crippen LogP contribution in [0.1, 0.15) is 25.5 Å². The minimum absolute atomic E-state index is 0.263. The summed E-state index contributed by atoms with van der Waals surface area (Å²) >= 11 is 6.38. The molecule has 1 N–H and O–H groups in total. The van der Waals surface area contributed by atoms with Crippen molar-refractivity contribution >= 4 is 17.7 Å². The van der Waals surface area contributed by atoms with Crippen molar-refractivity contribution in [3.05, 3.63) is 41.0 Å². The molecule has 2 aromatic rings. The van der Waals surface area contributed by atoms with Gasteiger partial charge in [0.25, 0.3) is 0 Å². The Morgan fingerprint density at radius 3 is 2.52 bits per heavy atom. The summed E-state index contributed by atoms with van der Waals surface area (Å²) in [5, 5.41) is 14.5. The second kappa shape index (κ2) is 7.45. The van der Waals surface area contributed by atoms with Gasteiger partial charge in [0.1, 0.15) is 0 Å². The van der Waals surface area contributed by atoms with Gasteiger partial charge in [-0.2, -0.15) is 5.10 Å². The van der Waals surface area contributed by atoms with E-state index in [1.807, 2.05) is 28.9 Å². The van der Waals surface area contributed by atoms with Crippen LogP contribution in [0.25, 0.3) is 11.3 Å². The molecule has 0 saturated carbocycles. The Kier molecular flexibility index (Phi) is 5.30. The molecule has 1 aromatic heterocycles. The zero-order valence-corrected chi connectivity index (χ0v) is 15.3. The highest BCUT2D eigenvalue weighted by Gasteiger charge is 2.23. The third-order valence-corrected chi connectivity index (χ3v) is 4.83. The van der Waals surface area contributed by atoms with Crippen LogP contribution in [0.3, 0.4) is 0 Å². The Balaban J connectivity index is 1.84. The van der Waals surface area contributed by atoms with Crippen molar-refractivity contribution in [3.8, 4) is 11.3 Å². The molecule has 134 valence electrons. The molecule has 7 heteroatoms. The van der Waals surface area contributed by atoms with E-state index in [0.717, 1.165) is 36.5 Å². The van der Waals surface area contributed by atoms with E-state index in [0.29, 0.717) is 18.1 Å². The van der Waals surface area contributed by atoms with Crippen molar-refractivity contribution in [2.45, 2.75) is 26.4 Å². The first kappa shape index (κ1) is 17.8. The molecule has 1 fully saturated rings. The van der Waals surface area contributed by atoms with Gasteiger partial charge in [-0.25, -0.2) is 4.79 Å². The van der Waals surface area contributed by atoms with Gasteiger partial charge in [-0.3, -0.25) is 9.58 Å². The van der Waals surface area contributed by atoms with Crippen molar-refractivity contribution in [1.29, 1.82) is 0 Å². The van der Waals surface area contributed by atoms with Gasteiger partial charge in [-0.05, 0) is 19.9 Å². The summed E-state index contributed by atoms with van der Waals surface area (Å²) in [5.74, 6) is 0. The molecule has 0 spiro atoms. The maximum Gasteiger partial charge on any atom is 0.407 e. The largest absolute Gasteiger partial charge is 0.465 e. The second-order valence-electron chi connectivity index (χ2n) is 6.60. The van der Waals surface area contributed by atoms with E-state index in [9.17, 15) is 4.79 Å². The number of amides is 1. The van der Waals surface area contributed by atoms with E-state index >= 15 is 0 Å². The zero-order chi connectivity index (χ0) is 18.0. The molecule has 25 heavy (non-hydrogen) atoms. The maximum absolute atomic E-state index is 11.1. The molecule has 0 bridgehead atoms. The van der Waals surface area contributed by atoms with Gasteiger partial charge in [-0.15, -0.1) is 0 Å². The van der Waals surface area contributed by atoms with E-state index in [-0.39, 0.29) is 6.04 Å². The van der Waals surface area contributed by atoms with Crippen molar-refractivity contribution in [1.82, 2.24) is 19.6 Å². The lowest BCUT2D eigenvalue weighted by molar-refractivity contribution is 0.103. The van der Waals surface area contributed by atoms with Crippen LogP contribution in [-0.2, 0) is 6.54 Å². The number of piperazine rings is 1. The van der Waals surface area contributed by atoms with Crippen LogP contribution in [0, 0.1) is 0 Å². The topological polar surface area (TPSA) is 61.6 Å². The van der Waals surface area contributed by atoms with Crippen LogP contribution in [0.15, 0.2) is 30.5 Å². The normalized spacial score (nSPS) is 15.8. The van der Waals surface area contributed by atoms with Gasteiger partial charge in [-0.1, -0.05) is 29.8 Å². The molecule has 1 saturated heterocycles. The number of aromatic nitrogens is 2. The number of carbonyl (C=O) groups is 1. The first-order chi connectivity index (χ1) is 12.0. The van der Waals surface area contributed by atoms with Crippen molar-refractivity contribution < 1.29 is 9.90 Å². The molecule has 2 heterocycles. The highest BCUT2D eigenvalue weighted by atomic mass is 35.5. The summed E-state index contributed by atoms with van der Waals surface area (Å²) < 4.78 is 1.96. The molecule has 1 aliphatic rings. The number of hydrogen-bond acceptors (Lipinski definition) is 3. The number of carboxylic acid groups (broad SMARTS) is 1. The van der Waals surface area contributed by atoms with Crippen LogP contribution in [-0.4, -0.2) is 57.0 Å². The van der Waals surface area contributed by atoms with E-state index in [4.69, 9.17) is 21.8 Å². The van der Waals surface area contributed by atoms with Gasteiger partial charge >= 0.3 is 6.09 Å². The fourth-order valence-electron chi connectivity index (χ4n) is 3.03. The molecule has 1 amide bonds. The smallest absolute Gasteiger partial charge is 0.407 e. The standard InChI is InChI=1S/C18H23ClN4O2/c1-13(2)23-12-14(11-21-7-9-22(10-8-21)18(24)25)17(20-23)15-5-3-4-6-16(15)19/h3-6,12-13H,7-11H2,1-2H3,(H,24,25). The molecule has 1 aromatic carbocycles. The van der Waals surface area contributed by atoms with Crippen LogP contribution < -0.4 is 0 Å². The summed E-state index contributed by atoms with van der Waals surface area (Å²) in [6.07, 6.45) is 1.23. The predicted octanol–water partition coefficient (Wildman–Crippen LogP) is 3.58. The van der Waals surface area contributed by atoms with Gasteiger partial charge in [0, 0.05) is 56.1 Å². The van der Waals surface area contributed by atoms with Gasteiger partial charge < -0.3 is 10.0 Å². The van der Waals surface area contributed by atoms with Crippen molar-refractivity contribution in [2.75, 3.05) is 26.2 Å². The molecular weight excluding hydrogens is 340 g/mol. The maximum atomic E-state index is 11.1. The quantitative estimate of drug-likeness (QED) is 0.903. The number of rotatable bonds is 4. The Labute approximate surface area is 152 Å². The molecule has 6 nitrogen and oxygen atoms in total. The number of hydrogen-bond donors (Lipinski definition) is 1. The van der Waals surface area contributed by atoms with Crippen LogP contribution >= 0.6 is 11.6 Å². The third-order valence-electron chi connectivity index (χ3n) is 4.50. The highest BCUT2D eigenvalue weighted by molar-refractivity contribution is 6.33. The molecule has 0 atom stereocenters. The molecule has 0 unspecified atom stereocenters. The Morgan fingerprint density at radius 1 is 1.24 bits per heavy atom. The lowest BCUT2D eigenvalue weighted by Crippen LogP contribution is -2.47. The Bertz CT molecular complexity index is 751. The van der Waals surface area contributed by atoms with E-state index in [2.05, 4.69) is 24.9 Å². The summed E-state index contributed by atoms with van der Waals surface area (Å²) in [7, 11) is 0. The molecular formula is C18H23ClN4O2. The van der Waals surface area contributed by atoms with Crippen LogP contribution in [0.4, 0.5) is 4.79 Å². The number of halogens is 1. The average molecular weight is 363 g/mol. The second-order valence-corrected chi connectivity index (χ2v) is 7.01. The minimum atomic E-state index is -0.843. The lowest BCUT2D eigenvalue weighted by Gasteiger charge is -2.32. The Hall–Kier alpha value is -2.05. The zero-order valence-electron chi connectivity index (χ0n) is 14.5.